The number of nitrogens with two attached hydrogens (primary N) is 1. The van der Waals surface area contributed by atoms with E-state index in [-0.39, 0.29) is 5.56 Å². The maximum atomic E-state index is 10.2. The van der Waals surface area contributed by atoms with Crippen LogP contribution in [0.3, 0.4) is 0 Å². The van der Waals surface area contributed by atoms with Crippen molar-refractivity contribution in [1.82, 2.24) is 4.98 Å². The van der Waals surface area contributed by atoms with Crippen LogP contribution in [0.25, 0.3) is 0 Å². The summed E-state index contributed by atoms with van der Waals surface area (Å²) in [5.74, 6) is -1.88. The second kappa shape index (κ2) is 6.50. The molecule has 6 heteroatoms. The highest BCUT2D eigenvalue weighted by atomic mass is 16.4. The molecule has 0 bridgehead atoms. The summed E-state index contributed by atoms with van der Waals surface area (Å²) in [5, 5.41) is 16.2. The molecule has 6 nitrogen and oxygen atoms in total. The standard InChI is InChI=1S/C6H5NO2.C3H7NO2/c8-6(9)5-1-3-7-4-2-5;1-2(4)3(5)6/h1-4H,(H,8,9);2H,4H2,1H3,(H,5,6). The van der Waals surface area contributed by atoms with Crippen LogP contribution in [0.1, 0.15) is 17.3 Å². The average Bonchev–Trinajstić information content (AvgIpc) is 2.20. The summed E-state index contributed by atoms with van der Waals surface area (Å²) < 4.78 is 0. The van der Waals surface area contributed by atoms with Crippen molar-refractivity contribution >= 4 is 11.9 Å². The van der Waals surface area contributed by atoms with E-state index in [1.807, 2.05) is 0 Å². The molecule has 0 aromatic carbocycles. The largest absolute Gasteiger partial charge is 0.480 e. The summed E-state index contributed by atoms with van der Waals surface area (Å²) in [6.07, 6.45) is 2.90. The number of nitrogens with zero attached hydrogens (tertiary/aromatic N) is 1. The molecule has 0 aliphatic heterocycles. The van der Waals surface area contributed by atoms with E-state index in [0.29, 0.717) is 0 Å². The zero-order valence-electron chi connectivity index (χ0n) is 8.12. The lowest BCUT2D eigenvalue weighted by Crippen LogP contribution is -2.25. The fraction of sp³-hybridized carbons (Fsp3) is 0.222. The normalized spacial score (nSPS) is 10.8. The minimum Gasteiger partial charge on any atom is -0.480 e. The zero-order chi connectivity index (χ0) is 11.8. The van der Waals surface area contributed by atoms with Crippen molar-refractivity contribution in [2.75, 3.05) is 0 Å². The number of carbonyl (C=O) groups is 2. The first-order valence-corrected chi connectivity index (χ1v) is 4.07. The van der Waals surface area contributed by atoms with E-state index in [0.717, 1.165) is 0 Å². The zero-order valence-corrected chi connectivity index (χ0v) is 8.12. The number of aromatic carboxylic acids is 1. The molecular weight excluding hydrogens is 200 g/mol. The maximum Gasteiger partial charge on any atom is 0.335 e. The quantitative estimate of drug-likeness (QED) is 0.645. The first-order valence-electron chi connectivity index (χ1n) is 4.07. The van der Waals surface area contributed by atoms with Gasteiger partial charge in [0.15, 0.2) is 0 Å². The number of aromatic nitrogens is 1. The van der Waals surface area contributed by atoms with Crippen LogP contribution in [-0.2, 0) is 4.79 Å². The van der Waals surface area contributed by atoms with Crippen LogP contribution in [0.15, 0.2) is 24.5 Å². The highest BCUT2D eigenvalue weighted by Gasteiger charge is 1.99. The molecule has 82 valence electrons. The van der Waals surface area contributed by atoms with Crippen LogP contribution in [0.5, 0.6) is 0 Å². The Labute approximate surface area is 86.4 Å². The summed E-state index contributed by atoms with van der Waals surface area (Å²) in [6, 6.07) is 2.16. The molecule has 0 aliphatic rings. The lowest BCUT2D eigenvalue weighted by molar-refractivity contribution is -0.138. The lowest BCUT2D eigenvalue weighted by Gasteiger charge is -1.90. The van der Waals surface area contributed by atoms with Crippen molar-refractivity contribution in [3.8, 4) is 0 Å². The second-order valence-corrected chi connectivity index (χ2v) is 2.67. The molecule has 1 aromatic rings. The Balaban J connectivity index is 0.000000288. The smallest absolute Gasteiger partial charge is 0.335 e. The molecule has 15 heavy (non-hydrogen) atoms. The van der Waals surface area contributed by atoms with Crippen molar-refractivity contribution in [3.63, 3.8) is 0 Å². The van der Waals surface area contributed by atoms with Crippen LogP contribution in [-0.4, -0.2) is 33.2 Å². The van der Waals surface area contributed by atoms with E-state index >= 15 is 0 Å². The first-order chi connectivity index (χ1) is 6.95. The Morgan fingerprint density at radius 3 is 1.93 bits per heavy atom. The highest BCUT2D eigenvalue weighted by molar-refractivity contribution is 5.87. The minimum atomic E-state index is -0.963. The Morgan fingerprint density at radius 2 is 1.73 bits per heavy atom. The van der Waals surface area contributed by atoms with Gasteiger partial charge in [0.05, 0.1) is 5.56 Å². The van der Waals surface area contributed by atoms with E-state index in [1.165, 1.54) is 31.5 Å². The Morgan fingerprint density at radius 1 is 1.33 bits per heavy atom. The molecule has 1 unspecified atom stereocenters. The van der Waals surface area contributed by atoms with E-state index < -0.39 is 18.0 Å². The number of hydrogen-bond donors (Lipinski definition) is 3. The fourth-order valence-corrected chi connectivity index (χ4v) is 0.494. The number of aliphatic carboxylic acids is 1. The van der Waals surface area contributed by atoms with Crippen LogP contribution in [0.4, 0.5) is 0 Å². The first kappa shape index (κ1) is 13.1. The van der Waals surface area contributed by atoms with Crippen molar-refractivity contribution < 1.29 is 19.8 Å². The predicted octanol–water partition coefficient (Wildman–Crippen LogP) is 0.198. The van der Waals surface area contributed by atoms with Gasteiger partial charge < -0.3 is 15.9 Å². The topological polar surface area (TPSA) is 114 Å². The van der Waals surface area contributed by atoms with E-state index in [4.69, 9.17) is 15.9 Å². The highest BCUT2D eigenvalue weighted by Crippen LogP contribution is 1.93. The molecule has 1 rings (SSSR count). The molecular formula is C9H12N2O4. The van der Waals surface area contributed by atoms with Gasteiger partial charge in [0.1, 0.15) is 6.04 Å². The number of rotatable bonds is 2. The summed E-state index contributed by atoms with van der Waals surface area (Å²) in [4.78, 5) is 23.4. The monoisotopic (exact) mass is 212 g/mol. The number of carboxylic acid groups (broad SMARTS) is 2. The van der Waals surface area contributed by atoms with Gasteiger partial charge in [-0.05, 0) is 19.1 Å². The summed E-state index contributed by atoms with van der Waals surface area (Å²) >= 11 is 0. The van der Waals surface area contributed by atoms with Crippen molar-refractivity contribution in [2.45, 2.75) is 13.0 Å². The molecule has 1 atom stereocenters. The lowest BCUT2D eigenvalue weighted by atomic mass is 10.3. The van der Waals surface area contributed by atoms with Crippen molar-refractivity contribution in [3.05, 3.63) is 30.1 Å². The van der Waals surface area contributed by atoms with E-state index in [1.54, 1.807) is 0 Å². The van der Waals surface area contributed by atoms with Crippen molar-refractivity contribution in [1.29, 1.82) is 0 Å². The summed E-state index contributed by atoms with van der Waals surface area (Å²) in [7, 11) is 0. The molecule has 0 fully saturated rings. The van der Waals surface area contributed by atoms with Gasteiger partial charge in [-0.1, -0.05) is 0 Å². The molecule has 0 spiro atoms. The number of hydrogen-bond acceptors (Lipinski definition) is 4. The van der Waals surface area contributed by atoms with Gasteiger partial charge in [-0.3, -0.25) is 9.78 Å². The molecule has 0 aliphatic carbocycles. The SMILES string of the molecule is CC(N)C(=O)O.O=C(O)c1ccncc1. The molecule has 1 heterocycles. The fourth-order valence-electron chi connectivity index (χ4n) is 0.494. The van der Waals surface area contributed by atoms with Gasteiger partial charge in [-0.2, -0.15) is 0 Å². The van der Waals surface area contributed by atoms with Gasteiger partial charge >= 0.3 is 11.9 Å². The predicted molar refractivity (Wildman–Crippen MR) is 52.5 cm³/mol. The van der Waals surface area contributed by atoms with Crippen molar-refractivity contribution in [2.24, 2.45) is 5.73 Å². The van der Waals surface area contributed by atoms with Crippen LogP contribution in [0, 0.1) is 0 Å². The van der Waals surface area contributed by atoms with Crippen LogP contribution >= 0.6 is 0 Å². The Kier molecular flexibility index (Phi) is 5.65. The maximum absolute atomic E-state index is 10.2. The summed E-state index contributed by atoms with van der Waals surface area (Å²) in [5.41, 5.74) is 5.10. The second-order valence-electron chi connectivity index (χ2n) is 2.67. The van der Waals surface area contributed by atoms with E-state index in [9.17, 15) is 9.59 Å². The molecule has 4 N–H and O–H groups in total. The molecule has 0 saturated heterocycles. The molecule has 0 radical (unpaired) electrons. The Bertz CT molecular complexity index is 324. The average molecular weight is 212 g/mol. The summed E-state index contributed by atoms with van der Waals surface area (Å²) in [6.45, 7) is 1.42. The van der Waals surface area contributed by atoms with Crippen LogP contribution < -0.4 is 5.73 Å². The number of carboxylic acids is 2. The number of pyridine rings is 1. The third kappa shape index (κ3) is 6.17. The minimum absolute atomic E-state index is 0.269. The third-order valence-electron chi connectivity index (χ3n) is 1.32. The van der Waals surface area contributed by atoms with E-state index in [2.05, 4.69) is 4.98 Å². The molecule has 0 amide bonds. The third-order valence-corrected chi connectivity index (χ3v) is 1.32. The van der Waals surface area contributed by atoms with Gasteiger partial charge in [0, 0.05) is 12.4 Å². The Hall–Kier alpha value is -1.95. The van der Waals surface area contributed by atoms with Gasteiger partial charge in [-0.25, -0.2) is 4.79 Å². The van der Waals surface area contributed by atoms with Crippen LogP contribution in [0.2, 0.25) is 0 Å². The molecule has 0 saturated carbocycles. The van der Waals surface area contributed by atoms with Gasteiger partial charge in [0.2, 0.25) is 0 Å². The van der Waals surface area contributed by atoms with Gasteiger partial charge in [0.25, 0.3) is 0 Å². The molecule has 1 aromatic heterocycles. The van der Waals surface area contributed by atoms with Gasteiger partial charge in [-0.15, -0.1) is 0 Å².